The van der Waals surface area contributed by atoms with Crippen LogP contribution in [0.25, 0.3) is 0 Å². The van der Waals surface area contributed by atoms with Crippen LogP contribution in [-0.2, 0) is 24.8 Å². The van der Waals surface area contributed by atoms with Crippen molar-refractivity contribution in [3.8, 4) is 5.75 Å². The minimum atomic E-state index is -4.00. The number of piperazine rings is 1. The number of sulfonamides is 2. The lowest BCUT2D eigenvalue weighted by molar-refractivity contribution is 0.0601. The molecule has 0 aliphatic carbocycles. The van der Waals surface area contributed by atoms with Crippen LogP contribution in [-0.4, -0.2) is 67.0 Å². The molecule has 1 fully saturated rings. The van der Waals surface area contributed by atoms with Crippen molar-refractivity contribution in [3.63, 3.8) is 0 Å². The average Bonchev–Trinajstić information content (AvgIpc) is 2.78. The summed E-state index contributed by atoms with van der Waals surface area (Å²) in [5.41, 5.74) is 0.490. The highest BCUT2D eigenvalue weighted by Gasteiger charge is 2.30. The van der Waals surface area contributed by atoms with Crippen molar-refractivity contribution in [1.82, 2.24) is 4.31 Å². The highest BCUT2D eigenvalue weighted by atomic mass is 32.2. The molecule has 0 unspecified atom stereocenters. The van der Waals surface area contributed by atoms with Crippen LogP contribution >= 0.6 is 0 Å². The first-order valence-electron chi connectivity index (χ1n) is 9.81. The van der Waals surface area contributed by atoms with Crippen LogP contribution in [0.15, 0.2) is 52.3 Å². The summed E-state index contributed by atoms with van der Waals surface area (Å²) in [6, 6.07) is 10.2. The highest BCUT2D eigenvalue weighted by Crippen LogP contribution is 2.27. The summed E-state index contributed by atoms with van der Waals surface area (Å²) >= 11 is 0. The molecule has 0 spiro atoms. The summed E-state index contributed by atoms with van der Waals surface area (Å²) in [4.78, 5) is 14.0. The Morgan fingerprint density at radius 2 is 1.56 bits per heavy atom. The second kappa shape index (κ2) is 9.45. The largest absolute Gasteiger partial charge is 0.494 e. The number of methoxy groups -OCH3 is 1. The maximum Gasteiger partial charge on any atom is 0.340 e. The zero-order chi connectivity index (χ0) is 23.5. The zero-order valence-electron chi connectivity index (χ0n) is 17.7. The standard InChI is InChI=1S/C20H25N3O7S2/c1-3-30-15-4-6-16(7-5-15)32(27,28)23-12-10-22(11-13-23)19-9-8-17(31(21,25)26)14-18(19)20(24)29-2/h4-9,14H,3,10-13H2,1-2H3,(H2,21,25,26). The minimum Gasteiger partial charge on any atom is -0.494 e. The van der Waals surface area contributed by atoms with Crippen molar-refractivity contribution >= 4 is 31.7 Å². The number of carbonyl (C=O) groups is 1. The predicted octanol–water partition coefficient (Wildman–Crippen LogP) is 1.03. The lowest BCUT2D eigenvalue weighted by Gasteiger charge is -2.36. The van der Waals surface area contributed by atoms with Gasteiger partial charge in [0.05, 0.1) is 34.8 Å². The third-order valence-corrected chi connectivity index (χ3v) is 7.88. The normalized spacial score (nSPS) is 15.4. The molecule has 3 rings (SSSR count). The van der Waals surface area contributed by atoms with Gasteiger partial charge in [-0.15, -0.1) is 0 Å². The highest BCUT2D eigenvalue weighted by molar-refractivity contribution is 7.89. The molecule has 0 amide bonds. The van der Waals surface area contributed by atoms with E-state index in [1.807, 2.05) is 11.8 Å². The van der Waals surface area contributed by atoms with Gasteiger partial charge in [0.2, 0.25) is 20.0 Å². The van der Waals surface area contributed by atoms with Crippen LogP contribution in [0.1, 0.15) is 17.3 Å². The van der Waals surface area contributed by atoms with Crippen LogP contribution in [0.5, 0.6) is 5.75 Å². The Morgan fingerprint density at radius 3 is 2.09 bits per heavy atom. The topological polar surface area (TPSA) is 136 Å². The predicted molar refractivity (Wildman–Crippen MR) is 118 cm³/mol. The van der Waals surface area contributed by atoms with E-state index < -0.39 is 26.0 Å². The van der Waals surface area contributed by atoms with Crippen molar-refractivity contribution in [3.05, 3.63) is 48.0 Å². The lowest BCUT2D eigenvalue weighted by atomic mass is 10.1. The molecule has 0 saturated carbocycles. The number of hydrogen-bond acceptors (Lipinski definition) is 8. The summed E-state index contributed by atoms with van der Waals surface area (Å²) in [6.45, 7) is 3.31. The molecule has 1 heterocycles. The van der Waals surface area contributed by atoms with Gasteiger partial charge in [-0.3, -0.25) is 0 Å². The molecule has 174 valence electrons. The number of rotatable bonds is 7. The van der Waals surface area contributed by atoms with Gasteiger partial charge in [-0.1, -0.05) is 0 Å². The van der Waals surface area contributed by atoms with E-state index in [1.165, 1.54) is 41.7 Å². The number of carbonyl (C=O) groups excluding carboxylic acids is 1. The molecule has 1 aliphatic rings. The van der Waals surface area contributed by atoms with E-state index in [9.17, 15) is 21.6 Å². The van der Waals surface area contributed by atoms with Gasteiger partial charge in [0.25, 0.3) is 0 Å². The molecule has 2 N–H and O–H groups in total. The second-order valence-electron chi connectivity index (χ2n) is 7.01. The molecule has 12 heteroatoms. The second-order valence-corrected chi connectivity index (χ2v) is 10.5. The SMILES string of the molecule is CCOc1ccc(S(=O)(=O)N2CCN(c3ccc(S(N)(=O)=O)cc3C(=O)OC)CC2)cc1. The summed E-state index contributed by atoms with van der Waals surface area (Å²) in [6.07, 6.45) is 0. The summed E-state index contributed by atoms with van der Waals surface area (Å²) in [7, 11) is -6.50. The fourth-order valence-corrected chi connectivity index (χ4v) is 5.40. The van der Waals surface area contributed by atoms with Gasteiger partial charge in [-0.05, 0) is 49.4 Å². The van der Waals surface area contributed by atoms with Gasteiger partial charge in [-0.2, -0.15) is 4.31 Å². The Bertz CT molecular complexity index is 1190. The van der Waals surface area contributed by atoms with Gasteiger partial charge in [0, 0.05) is 26.2 Å². The molecular formula is C20H25N3O7S2. The maximum absolute atomic E-state index is 13.0. The van der Waals surface area contributed by atoms with E-state index in [2.05, 4.69) is 0 Å². The number of ether oxygens (including phenoxy) is 2. The molecule has 0 radical (unpaired) electrons. The number of primary sulfonamides is 1. The van der Waals surface area contributed by atoms with Crippen LogP contribution in [0, 0.1) is 0 Å². The fourth-order valence-electron chi connectivity index (χ4n) is 3.43. The van der Waals surface area contributed by atoms with Crippen LogP contribution in [0.4, 0.5) is 5.69 Å². The Labute approximate surface area is 187 Å². The third kappa shape index (κ3) is 5.04. The Morgan fingerprint density at radius 1 is 0.969 bits per heavy atom. The quantitative estimate of drug-likeness (QED) is 0.577. The third-order valence-electron chi connectivity index (χ3n) is 5.05. The van der Waals surface area contributed by atoms with Crippen LogP contribution in [0.2, 0.25) is 0 Å². The van der Waals surface area contributed by atoms with Gasteiger partial charge in [0.15, 0.2) is 0 Å². The molecular weight excluding hydrogens is 458 g/mol. The van der Waals surface area contributed by atoms with E-state index in [4.69, 9.17) is 14.6 Å². The molecule has 1 aliphatic heterocycles. The average molecular weight is 484 g/mol. The molecule has 2 aromatic carbocycles. The Hall–Kier alpha value is -2.67. The smallest absolute Gasteiger partial charge is 0.340 e. The van der Waals surface area contributed by atoms with Crippen LogP contribution in [0.3, 0.4) is 0 Å². The summed E-state index contributed by atoms with van der Waals surface area (Å²) in [5, 5.41) is 5.17. The minimum absolute atomic E-state index is 0.0434. The first-order valence-corrected chi connectivity index (χ1v) is 12.8. The first kappa shape index (κ1) is 24.0. The molecule has 2 aromatic rings. The number of esters is 1. The molecule has 32 heavy (non-hydrogen) atoms. The van der Waals surface area contributed by atoms with E-state index in [-0.39, 0.29) is 28.4 Å². The monoisotopic (exact) mass is 483 g/mol. The van der Waals surface area contributed by atoms with E-state index in [0.29, 0.717) is 31.1 Å². The lowest BCUT2D eigenvalue weighted by Crippen LogP contribution is -2.49. The molecule has 10 nitrogen and oxygen atoms in total. The number of nitrogens with zero attached hydrogens (tertiary/aromatic N) is 2. The Balaban J connectivity index is 1.80. The zero-order valence-corrected chi connectivity index (χ0v) is 19.4. The summed E-state index contributed by atoms with van der Waals surface area (Å²) in [5.74, 6) is -0.121. The van der Waals surface area contributed by atoms with Crippen LogP contribution < -0.4 is 14.8 Å². The van der Waals surface area contributed by atoms with Crippen molar-refractivity contribution in [2.45, 2.75) is 16.7 Å². The molecule has 0 bridgehead atoms. The maximum atomic E-state index is 13.0. The number of hydrogen-bond donors (Lipinski definition) is 1. The van der Waals surface area contributed by atoms with Gasteiger partial charge in [-0.25, -0.2) is 26.8 Å². The Kier molecular flexibility index (Phi) is 7.08. The molecule has 0 atom stereocenters. The van der Waals surface area contributed by atoms with Gasteiger partial charge in [0.1, 0.15) is 5.75 Å². The number of benzene rings is 2. The van der Waals surface area contributed by atoms with Crippen molar-refractivity contribution in [2.24, 2.45) is 5.14 Å². The van der Waals surface area contributed by atoms with E-state index in [1.54, 1.807) is 12.1 Å². The first-order chi connectivity index (χ1) is 15.1. The van der Waals surface area contributed by atoms with E-state index in [0.717, 1.165) is 0 Å². The van der Waals surface area contributed by atoms with Crippen molar-refractivity contribution in [1.29, 1.82) is 0 Å². The number of anilines is 1. The summed E-state index contributed by atoms with van der Waals surface area (Å²) < 4.78 is 60.8. The fraction of sp³-hybridized carbons (Fsp3) is 0.350. The van der Waals surface area contributed by atoms with Gasteiger partial charge < -0.3 is 14.4 Å². The van der Waals surface area contributed by atoms with Crippen molar-refractivity contribution < 1.29 is 31.1 Å². The number of nitrogens with two attached hydrogens (primary N) is 1. The molecule has 1 saturated heterocycles. The van der Waals surface area contributed by atoms with E-state index >= 15 is 0 Å². The molecule has 0 aromatic heterocycles. The van der Waals surface area contributed by atoms with Crippen molar-refractivity contribution in [2.75, 3.05) is 44.8 Å². The van der Waals surface area contributed by atoms with Gasteiger partial charge >= 0.3 is 5.97 Å².